The van der Waals surface area contributed by atoms with E-state index in [9.17, 15) is 19.1 Å². The quantitative estimate of drug-likeness (QED) is 0.231. The Morgan fingerprint density at radius 3 is 2.78 bits per heavy atom. The Kier molecular flexibility index (Phi) is 7.25. The zero-order valence-corrected chi connectivity index (χ0v) is 22.3. The van der Waals surface area contributed by atoms with Crippen LogP contribution in [0, 0.1) is 0 Å². The summed E-state index contributed by atoms with van der Waals surface area (Å²) in [5, 5.41) is 16.0. The summed E-state index contributed by atoms with van der Waals surface area (Å²) in [7, 11) is -7.30. The molecular weight excluding hydrogens is 546 g/mol. The first-order valence-corrected chi connectivity index (χ1v) is 15.5. The molecule has 2 aliphatic rings. The van der Waals surface area contributed by atoms with Crippen molar-refractivity contribution < 1.29 is 38.2 Å². The van der Waals surface area contributed by atoms with Gasteiger partial charge in [-0.3, -0.25) is 9.13 Å². The minimum absolute atomic E-state index is 0.0497. The van der Waals surface area contributed by atoms with Gasteiger partial charge in [-0.05, 0) is 30.0 Å². The first kappa shape index (κ1) is 26.7. The molecule has 2 unspecified atom stereocenters. The molecule has 1 aliphatic carbocycles. The summed E-state index contributed by atoms with van der Waals surface area (Å²) in [6.07, 6.45) is 0.790. The Bertz CT molecular complexity index is 1410. The van der Waals surface area contributed by atoms with Gasteiger partial charge in [0.1, 0.15) is 11.3 Å². The maximum atomic E-state index is 12.0. The number of aryl methyl sites for hydroxylation is 1. The van der Waals surface area contributed by atoms with Gasteiger partial charge in [0.25, 0.3) is 0 Å². The van der Waals surface area contributed by atoms with E-state index in [1.807, 2.05) is 19.2 Å². The fraction of sp³-hybridized carbons (Fsp3) is 0.455. The highest BCUT2D eigenvalue weighted by Crippen LogP contribution is 2.55. The van der Waals surface area contributed by atoms with Gasteiger partial charge in [0, 0.05) is 13.5 Å². The van der Waals surface area contributed by atoms with E-state index in [4.69, 9.17) is 30.6 Å². The van der Waals surface area contributed by atoms with Crippen molar-refractivity contribution in [3.63, 3.8) is 0 Å². The molecule has 0 saturated carbocycles. The van der Waals surface area contributed by atoms with Gasteiger partial charge in [-0.15, -0.1) is 0 Å². The number of rotatable bonds is 8. The molecule has 4 N–H and O–H groups in total. The summed E-state index contributed by atoms with van der Waals surface area (Å²) in [5.41, 5.74) is 3.81. The first-order valence-electron chi connectivity index (χ1n) is 11.6. The van der Waals surface area contributed by atoms with Crippen molar-refractivity contribution in [2.24, 2.45) is 0 Å². The predicted molar refractivity (Wildman–Crippen MR) is 136 cm³/mol. The van der Waals surface area contributed by atoms with Crippen LogP contribution in [0.25, 0.3) is 11.0 Å². The van der Waals surface area contributed by atoms with Gasteiger partial charge < -0.3 is 33.9 Å². The number of hydrogen-bond donors (Lipinski definition) is 4. The normalized spacial score (nSPS) is 25.4. The third-order valence-corrected chi connectivity index (χ3v) is 10.3. The van der Waals surface area contributed by atoms with E-state index in [1.54, 1.807) is 12.3 Å². The average molecular weight is 573 g/mol. The topological polar surface area (TPSA) is 167 Å². The Morgan fingerprint density at radius 2 is 2.03 bits per heavy atom. The van der Waals surface area contributed by atoms with Gasteiger partial charge in [-0.25, -0.2) is 9.67 Å². The molecule has 5 atom stereocenters. The van der Waals surface area contributed by atoms with Crippen LogP contribution in [-0.4, -0.2) is 66.3 Å². The maximum absolute atomic E-state index is 12.0. The van der Waals surface area contributed by atoms with Gasteiger partial charge in [-0.1, -0.05) is 35.9 Å². The lowest BCUT2D eigenvalue weighted by Gasteiger charge is -2.28. The van der Waals surface area contributed by atoms with E-state index < -0.39 is 46.1 Å². The number of anilines is 1. The lowest BCUT2D eigenvalue weighted by molar-refractivity contribution is -0.0527. The lowest BCUT2D eigenvalue weighted by atomic mass is 10.1. The fourth-order valence-electron chi connectivity index (χ4n) is 5.09. The second-order valence-electron chi connectivity index (χ2n) is 9.35. The van der Waals surface area contributed by atoms with Crippen molar-refractivity contribution in [1.82, 2.24) is 14.8 Å². The highest BCUT2D eigenvalue weighted by molar-refractivity contribution is 7.70. The zero-order valence-electron chi connectivity index (χ0n) is 19.8. The number of aromatic nitrogens is 3. The van der Waals surface area contributed by atoms with Crippen molar-refractivity contribution in [3.05, 3.63) is 52.8 Å². The molecule has 12 nitrogen and oxygen atoms in total. The van der Waals surface area contributed by atoms with E-state index in [0.717, 1.165) is 18.5 Å². The first-order chi connectivity index (χ1) is 17.4. The van der Waals surface area contributed by atoms with Crippen molar-refractivity contribution in [2.75, 3.05) is 24.5 Å². The molecule has 37 heavy (non-hydrogen) atoms. The van der Waals surface area contributed by atoms with E-state index in [2.05, 4.69) is 27.1 Å². The molecule has 0 bridgehead atoms. The molecule has 1 fully saturated rings. The predicted octanol–water partition coefficient (Wildman–Crippen LogP) is 3.19. The summed E-state index contributed by atoms with van der Waals surface area (Å²) >= 11 is 6.40. The third kappa shape index (κ3) is 5.63. The van der Waals surface area contributed by atoms with Gasteiger partial charge in [-0.2, -0.15) is 5.10 Å². The summed E-state index contributed by atoms with van der Waals surface area (Å²) in [4.78, 5) is 34.2. The van der Waals surface area contributed by atoms with Gasteiger partial charge >= 0.3 is 15.2 Å². The van der Waals surface area contributed by atoms with Crippen LogP contribution in [-0.2, 0) is 24.8 Å². The second-order valence-corrected chi connectivity index (χ2v) is 13.7. The molecule has 0 amide bonds. The molecule has 1 saturated heterocycles. The number of fused-ring (bicyclic) bond motifs is 2. The largest absolute Gasteiger partial charge is 0.388 e. The standard InChI is InChI=1S/C22H27ClN4O8P2/c1-26(17-7-6-13-4-2-3-5-15(13)17)18-9-20(23)25-21-16(18)10-24-27(21)22-19(28)8-14(35-22)11-34-37(32,33)12-36(29,30)31/h2-5,9-10,14,17,19,22,28H,6-8,11-12H2,1H3,(H,32,33)(H2,29,30,31)/t14-,17+,19?,22+/m0/s1. The number of hydrogen-bond acceptors (Lipinski definition) is 8. The highest BCUT2D eigenvalue weighted by Gasteiger charge is 2.39. The summed E-state index contributed by atoms with van der Waals surface area (Å²) in [5.74, 6) is -1.30. The van der Waals surface area contributed by atoms with Crippen molar-refractivity contribution in [1.29, 1.82) is 0 Å². The summed E-state index contributed by atoms with van der Waals surface area (Å²) in [6, 6.07) is 10.3. The van der Waals surface area contributed by atoms with Crippen LogP contribution in [0.1, 0.15) is 36.2 Å². The molecule has 0 spiro atoms. The Hall–Kier alpha value is -1.85. The van der Waals surface area contributed by atoms with Crippen molar-refractivity contribution in [3.8, 4) is 0 Å². The highest BCUT2D eigenvalue weighted by atomic mass is 35.5. The Morgan fingerprint density at radius 1 is 1.27 bits per heavy atom. The molecule has 1 aromatic carbocycles. The van der Waals surface area contributed by atoms with E-state index in [1.165, 1.54) is 15.8 Å². The minimum atomic E-state index is -4.75. The summed E-state index contributed by atoms with van der Waals surface area (Å²) < 4.78 is 35.1. The van der Waals surface area contributed by atoms with E-state index in [0.29, 0.717) is 11.0 Å². The van der Waals surface area contributed by atoms with Crippen LogP contribution in [0.3, 0.4) is 0 Å². The second kappa shape index (κ2) is 10.0. The van der Waals surface area contributed by atoms with Crippen LogP contribution in [0.5, 0.6) is 0 Å². The van der Waals surface area contributed by atoms with E-state index in [-0.39, 0.29) is 17.6 Å². The molecule has 0 radical (unpaired) electrons. The van der Waals surface area contributed by atoms with Crippen molar-refractivity contribution in [2.45, 2.75) is 43.7 Å². The van der Waals surface area contributed by atoms with Crippen LogP contribution in [0.2, 0.25) is 5.15 Å². The Balaban J connectivity index is 1.37. The summed E-state index contributed by atoms with van der Waals surface area (Å²) in [6.45, 7) is -0.441. The number of ether oxygens (including phenoxy) is 1. The SMILES string of the molecule is CN(c1cc(Cl)nc2c1cnn2[C@@H]1O[C@H](COP(=O)(O)CP(=O)(O)O)CC1O)[C@@H]1CCc2ccccc21. The number of aliphatic hydroxyl groups is 1. The molecule has 1 aliphatic heterocycles. The molecule has 200 valence electrons. The van der Waals surface area contributed by atoms with E-state index >= 15 is 0 Å². The van der Waals surface area contributed by atoms with Crippen LogP contribution >= 0.6 is 26.8 Å². The minimum Gasteiger partial charge on any atom is -0.388 e. The zero-order chi connectivity index (χ0) is 26.5. The molecule has 3 aromatic rings. The van der Waals surface area contributed by atoms with Crippen LogP contribution in [0.4, 0.5) is 5.69 Å². The smallest absolute Gasteiger partial charge is 0.340 e. The van der Waals surface area contributed by atoms with Gasteiger partial charge in [0.05, 0.1) is 36.0 Å². The fourth-order valence-corrected chi connectivity index (χ4v) is 7.86. The molecule has 15 heteroatoms. The molecule has 2 aromatic heterocycles. The van der Waals surface area contributed by atoms with Gasteiger partial charge in [0.15, 0.2) is 17.8 Å². The molecule has 3 heterocycles. The number of halogens is 1. The monoisotopic (exact) mass is 572 g/mol. The van der Waals surface area contributed by atoms with Gasteiger partial charge in [0.2, 0.25) is 0 Å². The van der Waals surface area contributed by atoms with Crippen molar-refractivity contribution >= 4 is 43.5 Å². The lowest BCUT2D eigenvalue weighted by Crippen LogP contribution is -2.23. The number of nitrogens with zero attached hydrogens (tertiary/aromatic N) is 4. The number of aliphatic hydroxyl groups excluding tert-OH is 1. The van der Waals surface area contributed by atoms with Crippen LogP contribution in [0.15, 0.2) is 36.5 Å². The number of pyridine rings is 1. The number of benzene rings is 1. The third-order valence-electron chi connectivity index (χ3n) is 6.69. The maximum Gasteiger partial charge on any atom is 0.340 e. The average Bonchev–Trinajstić information content (AvgIpc) is 3.51. The van der Waals surface area contributed by atoms with Crippen LogP contribution < -0.4 is 4.90 Å². The molecular formula is C22H27ClN4O8P2. The molecule has 5 rings (SSSR count). The Labute approximate surface area is 217 Å².